The minimum atomic E-state index is -4.81. The van der Waals surface area contributed by atoms with Crippen LogP contribution in [0.5, 0.6) is 5.75 Å². The Kier molecular flexibility index (Phi) is 30.4. The maximum absolute atomic E-state index is 16.3. The number of halogens is 4. The van der Waals surface area contributed by atoms with E-state index in [0.29, 0.717) is 133 Å². The maximum atomic E-state index is 16.3. The number of allylic oxidation sites excluding steroid dienone is 6. The Morgan fingerprint density at radius 3 is 2.12 bits per heavy atom. The minimum absolute atomic E-state index is 0.00175. The van der Waals surface area contributed by atoms with Crippen molar-refractivity contribution < 1.29 is 103 Å². The quantitative estimate of drug-likeness (QED) is 0.00353. The van der Waals surface area contributed by atoms with Crippen LogP contribution in [0.4, 0.5) is 46.0 Å². The summed E-state index contributed by atoms with van der Waals surface area (Å²) >= 11 is 1.34. The van der Waals surface area contributed by atoms with Gasteiger partial charge in [0, 0.05) is 162 Å². The van der Waals surface area contributed by atoms with Crippen molar-refractivity contribution in [1.82, 2.24) is 39.8 Å². The third-order valence-electron chi connectivity index (χ3n) is 29.6. The molecule has 2 aromatic heterocycles. The summed E-state index contributed by atoms with van der Waals surface area (Å²) in [5, 5.41) is 22.6. The van der Waals surface area contributed by atoms with Crippen molar-refractivity contribution in [3.05, 3.63) is 266 Å². The summed E-state index contributed by atoms with van der Waals surface area (Å²) in [6.45, 7) is 16.6. The van der Waals surface area contributed by atoms with Gasteiger partial charge in [-0.05, 0) is 219 Å². The van der Waals surface area contributed by atoms with E-state index >= 15 is 26.0 Å². The Labute approximate surface area is 849 Å². The zero-order valence-corrected chi connectivity index (χ0v) is 86.2. The second-order valence-corrected chi connectivity index (χ2v) is 46.7. The molecule has 768 valence electrons. The molecule has 1 saturated carbocycles. The number of hydrogen-bond acceptors (Lipinski definition) is 21. The van der Waals surface area contributed by atoms with Gasteiger partial charge in [-0.25, -0.2) is 30.3 Å². The fourth-order valence-electron chi connectivity index (χ4n) is 21.5. The molecule has 17 rings (SSSR count). The largest absolute Gasteiger partial charge is 0.744 e. The van der Waals surface area contributed by atoms with Crippen molar-refractivity contribution in [1.29, 1.82) is 0 Å². The lowest BCUT2D eigenvalue weighted by molar-refractivity contribution is -0.433. The number of nitrogens with one attached hydrogen (secondary N) is 3. The topological polar surface area (TPSA) is 390 Å². The number of carbonyl (C=O) groups excluding carboxylic acids is 5. The smallest absolute Gasteiger partial charge is 0.294 e. The van der Waals surface area contributed by atoms with E-state index in [1.165, 1.54) is 74.5 Å². The number of unbranched alkanes of at least 4 members (excludes halogenated alkanes) is 3. The zero-order chi connectivity index (χ0) is 104. The minimum Gasteiger partial charge on any atom is -0.744 e. The van der Waals surface area contributed by atoms with Gasteiger partial charge in [-0.15, -0.1) is 5.10 Å². The third kappa shape index (κ3) is 21.4. The molecule has 2 atom stereocenters. The van der Waals surface area contributed by atoms with Gasteiger partial charge in [0.25, 0.3) is 26.1 Å². The molecule has 8 aliphatic rings. The van der Waals surface area contributed by atoms with Gasteiger partial charge < -0.3 is 39.5 Å². The lowest BCUT2D eigenvalue weighted by Gasteiger charge is -2.40. The molecule has 7 aromatic carbocycles. The number of amides is 3. The first-order valence-electron chi connectivity index (χ1n) is 49.2. The number of thiophene rings is 1. The van der Waals surface area contributed by atoms with Crippen LogP contribution in [0.1, 0.15) is 205 Å². The first-order chi connectivity index (χ1) is 69.4. The number of fused-ring (bicyclic) bond motifs is 6. The zero-order valence-electron chi connectivity index (χ0n) is 82.1. The molecular weight excluding hydrogens is 1980 g/mol. The molecular formula is C108H116F4N11O18S5+. The summed E-state index contributed by atoms with van der Waals surface area (Å²) in [5.41, 5.74) is 8.97. The van der Waals surface area contributed by atoms with Crippen molar-refractivity contribution in [2.45, 2.75) is 207 Å². The van der Waals surface area contributed by atoms with Crippen LogP contribution in [0, 0.1) is 47.9 Å². The predicted octanol–water partition coefficient (Wildman–Crippen LogP) is 18.1. The monoisotopic (exact) mass is 2090 g/mol. The third-order valence-corrected chi connectivity index (χ3v) is 34.8. The van der Waals surface area contributed by atoms with E-state index in [2.05, 4.69) is 72.7 Å². The number of sulfonamides is 1. The highest BCUT2D eigenvalue weighted by molar-refractivity contribution is 7.89. The number of anilines is 3. The number of piperidine rings is 1. The van der Waals surface area contributed by atoms with Gasteiger partial charge in [0.1, 0.15) is 46.3 Å². The maximum Gasteiger partial charge on any atom is 0.294 e. The van der Waals surface area contributed by atoms with Crippen molar-refractivity contribution in [3.63, 3.8) is 0 Å². The lowest BCUT2D eigenvalue weighted by atomic mass is 9.71. The van der Waals surface area contributed by atoms with Gasteiger partial charge in [-0.2, -0.15) is 50.4 Å². The summed E-state index contributed by atoms with van der Waals surface area (Å²) < 4.78 is 220. The van der Waals surface area contributed by atoms with Gasteiger partial charge in [0.05, 0.1) is 53.9 Å². The lowest BCUT2D eigenvalue weighted by Crippen LogP contribution is -2.50. The van der Waals surface area contributed by atoms with Gasteiger partial charge in [-0.1, -0.05) is 99.4 Å². The summed E-state index contributed by atoms with van der Waals surface area (Å²) in [6.07, 6.45) is 16.8. The normalized spacial score (nSPS) is 18.3. The average Bonchev–Trinajstić information content (AvgIpc) is 1.30. The van der Waals surface area contributed by atoms with Crippen LogP contribution in [0.3, 0.4) is 0 Å². The number of rotatable bonds is 37. The van der Waals surface area contributed by atoms with Crippen molar-refractivity contribution >= 4 is 126 Å². The summed E-state index contributed by atoms with van der Waals surface area (Å²) in [4.78, 5) is 73.2. The van der Waals surface area contributed by atoms with Crippen molar-refractivity contribution in [2.24, 2.45) is 17.8 Å². The average molecular weight is 2090 g/mol. The summed E-state index contributed by atoms with van der Waals surface area (Å²) in [7, 11) is -18.1. The number of ether oxygens (including phenoxy) is 1. The van der Waals surface area contributed by atoms with Gasteiger partial charge in [0.2, 0.25) is 50.2 Å². The number of aromatic nitrogens is 3. The highest BCUT2D eigenvalue weighted by Crippen LogP contribution is 2.51. The molecule has 0 radical (unpaired) electrons. The van der Waals surface area contributed by atoms with Crippen LogP contribution in [0.15, 0.2) is 217 Å². The molecule has 3 amide bonds. The Balaban J connectivity index is 0.523. The van der Waals surface area contributed by atoms with E-state index in [0.717, 1.165) is 75.5 Å². The van der Waals surface area contributed by atoms with Crippen LogP contribution < -0.4 is 40.4 Å². The van der Waals surface area contributed by atoms with E-state index < -0.39 is 134 Å². The molecule has 8 heterocycles. The molecule has 0 unspecified atom stereocenters. The molecule has 0 spiro atoms. The van der Waals surface area contributed by atoms with E-state index in [1.54, 1.807) is 53.2 Å². The van der Waals surface area contributed by atoms with Crippen LogP contribution >= 0.6 is 11.3 Å². The summed E-state index contributed by atoms with van der Waals surface area (Å²) in [5.74, 6) is -13.4. The van der Waals surface area contributed by atoms with E-state index in [9.17, 15) is 62.9 Å². The van der Waals surface area contributed by atoms with E-state index in [-0.39, 0.29) is 102 Å². The van der Waals surface area contributed by atoms with Crippen LogP contribution in [0.2, 0.25) is 0 Å². The number of nitrogens with zero attached hydrogens (tertiary/aromatic N) is 8. The van der Waals surface area contributed by atoms with Gasteiger partial charge in [-0.3, -0.25) is 33.1 Å². The molecule has 146 heavy (non-hydrogen) atoms. The predicted molar refractivity (Wildman–Crippen MR) is 545 cm³/mol. The second kappa shape index (κ2) is 42.4. The molecule has 29 nitrogen and oxygen atoms in total. The Morgan fingerprint density at radius 2 is 1.40 bits per heavy atom. The van der Waals surface area contributed by atoms with E-state index in [4.69, 9.17) is 9.15 Å². The number of carbonyl (C=O) groups is 5. The Hall–Kier alpha value is -12.5. The number of hydrogen-bond donors (Lipinski definition) is 5. The first kappa shape index (κ1) is 105. The molecule has 6 aliphatic heterocycles. The second-order valence-electron chi connectivity index (χ2n) is 39.7. The van der Waals surface area contributed by atoms with Gasteiger partial charge in [0.15, 0.2) is 41.2 Å². The van der Waals surface area contributed by atoms with Gasteiger partial charge >= 0.3 is 0 Å². The molecule has 2 aliphatic carbocycles. The Bertz CT molecular complexity index is 7670. The summed E-state index contributed by atoms with van der Waals surface area (Å²) in [6, 6.07) is 38.2. The van der Waals surface area contributed by atoms with Crippen LogP contribution in [-0.2, 0) is 84.0 Å². The Morgan fingerprint density at radius 1 is 0.692 bits per heavy atom. The van der Waals surface area contributed by atoms with E-state index in [1.807, 2.05) is 113 Å². The fraction of sp³-hybridized carbons (Fsp3) is 0.380. The standard InChI is InChI=1S/C108H115F4N11O18S5/c1-9-119-85-42-36-76(145(134,135)136)61-81(85)106(4,5)94(119)25-12-10-13-26-95-107(6,7)82-62-77(146(137,138)139)37-43-86(82)122(95)51-19-11-14-27-96(126)113-49-18-17-22-87(123-63-93(116-117-123)108(8,72-31-28-66(2)29-32-72)115-105(128)71-48-56-142-65-71)89(125)64-140-103-101(111)99(109)98(100(110)102(103)112)88(124)23-20-50-114-104(127)68-44-52-118(53-45-68)143(129,130)92-24-16-15-21-80(92)97-78-38-33-73(120-54-46-69-57-67(3)30-40-83(69)120)59-90(78)141-91-60-74(34-39-79(91)97)121-55-47-70-58-75(144(131,132)133)35-41-84(70)121/h10,12-13,15-16,21,24-26,30,33-43,48,56-63,65-66,68,72,87H,9,11,14,17-20,22-23,27-29,31-32,44-47,49-55,64H2,1-8H3,(H4-2,113,114,115,126,127,128,131,132,133,134,135,136,137,138,139)/p+1/t66?,72?,87-,108+/m0/s1. The molecule has 38 heteroatoms. The molecule has 5 N–H and O–H groups in total. The van der Waals surface area contributed by atoms with Crippen molar-refractivity contribution in [2.75, 3.05) is 68.8 Å². The van der Waals surface area contributed by atoms with Crippen molar-refractivity contribution in [3.8, 4) is 28.2 Å². The highest BCUT2D eigenvalue weighted by atomic mass is 32.2. The highest BCUT2D eigenvalue weighted by Gasteiger charge is 2.48. The molecule has 1 saturated heterocycles. The van der Waals surface area contributed by atoms with Crippen LogP contribution in [0.25, 0.3) is 33.4 Å². The van der Waals surface area contributed by atoms with Crippen LogP contribution in [-0.4, -0.2) is 165 Å². The number of Topliss-reactive ketones (excluding diaryl/α,β-unsaturated/α-hetero) is 2. The number of aryl methyl sites for hydroxylation is 1. The molecule has 2 fully saturated rings. The number of benzene rings is 8. The first-order valence-corrected chi connectivity index (χ1v) is 55.9. The number of ketones is 2. The SMILES string of the molecule is CC[N+]1=C(/C=C/C=C/C=C2/N(CCCCCC(=O)NCCCC[C@@H](C(=O)COc3c(F)c(F)c(C(=O)CCCNC(=O)C4CCN(S(=O)(=O)c5ccccc5-c5c6ccc(=[N+]7CCc8cc(S(=O)(=O)O)ccc87)cc-6oc6cc(N7CCc8cc(C)ccc87)ccc56)CC4)c(F)c3F)n3cc([C@](C)(NC(=O)c4ccsc4)C4CCC(C)CC4)nn3)c3ccc(S(=O)(=O)[O-])cc3C2(C)C)C(C)(C)c2cc(S(=O)(=O)O)ccc21. The molecule has 9 aromatic rings. The molecule has 0 bridgehead atoms. The fourth-order valence-corrected chi connectivity index (χ4v) is 25.4.